The first-order chi connectivity index (χ1) is 11.2. The molecule has 1 aliphatic rings. The number of hydrogen-bond acceptors (Lipinski definition) is 7. The molecule has 122 valence electrons. The lowest BCUT2D eigenvalue weighted by atomic mass is 9.89. The fourth-order valence-electron chi connectivity index (χ4n) is 2.69. The monoisotopic (exact) mass is 349 g/mol. The van der Waals surface area contributed by atoms with Crippen molar-refractivity contribution >= 4 is 35.3 Å². The van der Waals surface area contributed by atoms with Gasteiger partial charge in [-0.1, -0.05) is 31.0 Å². The van der Waals surface area contributed by atoms with Crippen molar-refractivity contribution in [3.8, 4) is 0 Å². The number of thioether (sulfide) groups is 1. The van der Waals surface area contributed by atoms with E-state index in [-0.39, 0.29) is 5.75 Å². The molecule has 23 heavy (non-hydrogen) atoms. The summed E-state index contributed by atoms with van der Waals surface area (Å²) < 4.78 is 1.70. The van der Waals surface area contributed by atoms with Gasteiger partial charge in [0.25, 0.3) is 0 Å². The van der Waals surface area contributed by atoms with Crippen LogP contribution < -0.4 is 5.11 Å². The van der Waals surface area contributed by atoms with Gasteiger partial charge in [0.1, 0.15) is 0 Å². The highest BCUT2D eigenvalue weighted by Gasteiger charge is 2.23. The minimum Gasteiger partial charge on any atom is -0.549 e. The lowest BCUT2D eigenvalue weighted by molar-refractivity contribution is -0.301. The van der Waals surface area contributed by atoms with Crippen LogP contribution in [0.1, 0.15) is 49.4 Å². The van der Waals surface area contributed by atoms with E-state index in [9.17, 15) is 9.90 Å². The minimum atomic E-state index is -1.12. The zero-order valence-electron chi connectivity index (χ0n) is 12.6. The summed E-state index contributed by atoms with van der Waals surface area (Å²) in [6.45, 7) is 0. The summed E-state index contributed by atoms with van der Waals surface area (Å²) in [4.78, 5) is 10.7. The van der Waals surface area contributed by atoms with Crippen LogP contribution in [0.25, 0.3) is 0 Å². The van der Waals surface area contributed by atoms with Crippen LogP contribution in [-0.2, 0) is 4.79 Å². The van der Waals surface area contributed by atoms with E-state index >= 15 is 0 Å². The molecular weight excluding hydrogens is 332 g/mol. The molecule has 2 aromatic rings. The number of carboxylic acid groups (broad SMARTS) is 1. The molecule has 3 rings (SSSR count). The summed E-state index contributed by atoms with van der Waals surface area (Å²) in [6, 6.07) is 1.98. The summed E-state index contributed by atoms with van der Waals surface area (Å²) in [6.07, 6.45) is 7.56. The van der Waals surface area contributed by atoms with Gasteiger partial charge < -0.3 is 9.90 Å². The predicted molar refractivity (Wildman–Crippen MR) is 88.9 cm³/mol. The maximum Gasteiger partial charge on any atom is 0.212 e. The van der Waals surface area contributed by atoms with Crippen molar-refractivity contribution < 1.29 is 9.90 Å². The van der Waals surface area contributed by atoms with Crippen molar-refractivity contribution in [2.75, 3.05) is 5.75 Å². The average Bonchev–Trinajstić information content (AvgIpc) is 3.21. The fraction of sp³-hybridized carbons (Fsp3) is 0.467. The van der Waals surface area contributed by atoms with E-state index in [2.05, 4.69) is 15.3 Å². The molecule has 0 bridgehead atoms. The molecule has 1 fully saturated rings. The Balaban J connectivity index is 1.87. The third-order valence-corrected chi connectivity index (χ3v) is 5.39. The number of aromatic nitrogens is 3. The topological polar surface area (TPSA) is 83.2 Å². The van der Waals surface area contributed by atoms with Gasteiger partial charge in [0.05, 0.1) is 12.2 Å². The Hall–Kier alpha value is -1.67. The number of carbonyl (C=O) groups excluding carboxylic acids is 1. The van der Waals surface area contributed by atoms with E-state index < -0.39 is 5.97 Å². The van der Waals surface area contributed by atoms with Crippen LogP contribution in [0.4, 0.5) is 0 Å². The summed E-state index contributed by atoms with van der Waals surface area (Å²) in [5.41, 5.74) is 1.01. The van der Waals surface area contributed by atoms with E-state index in [4.69, 9.17) is 0 Å². The van der Waals surface area contributed by atoms with E-state index in [1.807, 2.05) is 16.8 Å². The second kappa shape index (κ2) is 7.74. The van der Waals surface area contributed by atoms with Gasteiger partial charge in [-0.2, -0.15) is 21.1 Å². The van der Waals surface area contributed by atoms with Gasteiger partial charge in [0.15, 0.2) is 5.82 Å². The molecule has 0 amide bonds. The SMILES string of the molecule is O=C([O-])CSc1nnc(C2CCCCC2)n1/N=C\c1ccsc1. The Morgan fingerprint density at radius 1 is 1.43 bits per heavy atom. The molecule has 0 saturated heterocycles. The summed E-state index contributed by atoms with van der Waals surface area (Å²) in [7, 11) is 0. The lowest BCUT2D eigenvalue weighted by Gasteiger charge is -2.20. The van der Waals surface area contributed by atoms with Gasteiger partial charge in [-0.25, -0.2) is 0 Å². The van der Waals surface area contributed by atoms with Gasteiger partial charge >= 0.3 is 0 Å². The zero-order chi connectivity index (χ0) is 16.1. The fourth-order valence-corrected chi connectivity index (χ4v) is 3.91. The first-order valence-corrected chi connectivity index (χ1v) is 9.51. The number of hydrogen-bond donors (Lipinski definition) is 0. The van der Waals surface area contributed by atoms with Crippen LogP contribution in [0.5, 0.6) is 0 Å². The summed E-state index contributed by atoms with van der Waals surface area (Å²) in [5.74, 6) is -0.104. The number of thiophene rings is 1. The Morgan fingerprint density at radius 3 is 2.96 bits per heavy atom. The maximum absolute atomic E-state index is 10.7. The van der Waals surface area contributed by atoms with Crippen LogP contribution in [0.3, 0.4) is 0 Å². The molecule has 0 atom stereocenters. The molecule has 2 heterocycles. The predicted octanol–water partition coefficient (Wildman–Crippen LogP) is 2.11. The molecule has 0 radical (unpaired) electrons. The van der Waals surface area contributed by atoms with Crippen LogP contribution in [0.2, 0.25) is 0 Å². The quantitative estimate of drug-likeness (QED) is 0.589. The zero-order valence-corrected chi connectivity index (χ0v) is 14.2. The number of rotatable bonds is 6. The smallest absolute Gasteiger partial charge is 0.212 e. The van der Waals surface area contributed by atoms with Gasteiger partial charge in [-0.15, -0.1) is 10.2 Å². The number of aliphatic carboxylic acids is 1. The molecule has 1 aliphatic carbocycles. The van der Waals surface area contributed by atoms with Crippen molar-refractivity contribution in [3.05, 3.63) is 28.2 Å². The van der Waals surface area contributed by atoms with Crippen molar-refractivity contribution in [3.63, 3.8) is 0 Å². The highest BCUT2D eigenvalue weighted by atomic mass is 32.2. The first kappa shape index (κ1) is 16.2. The maximum atomic E-state index is 10.7. The standard InChI is InChI=1S/C15H18N4O2S2/c20-13(21)10-23-15-18-17-14(12-4-2-1-3-5-12)19(15)16-8-11-6-7-22-9-11/h6-9,12H,1-5,10H2,(H,20,21)/p-1/b16-8-. The van der Waals surface area contributed by atoms with E-state index in [1.54, 1.807) is 22.2 Å². The molecule has 0 N–H and O–H groups in total. The van der Waals surface area contributed by atoms with Crippen LogP contribution in [0.15, 0.2) is 27.1 Å². The number of carbonyl (C=O) groups is 1. The normalized spacial score (nSPS) is 16.2. The van der Waals surface area contributed by atoms with Gasteiger partial charge in [0, 0.05) is 17.2 Å². The molecule has 2 aromatic heterocycles. The van der Waals surface area contributed by atoms with E-state index in [0.29, 0.717) is 11.1 Å². The van der Waals surface area contributed by atoms with Gasteiger partial charge in [-0.3, -0.25) is 0 Å². The van der Waals surface area contributed by atoms with Crippen molar-refractivity contribution in [2.24, 2.45) is 5.10 Å². The Labute approximate surface area is 142 Å². The highest BCUT2D eigenvalue weighted by molar-refractivity contribution is 7.99. The largest absolute Gasteiger partial charge is 0.549 e. The summed E-state index contributed by atoms with van der Waals surface area (Å²) >= 11 is 2.70. The summed E-state index contributed by atoms with van der Waals surface area (Å²) in [5, 5.41) is 28.1. The van der Waals surface area contributed by atoms with Crippen LogP contribution in [0, 0.1) is 0 Å². The average molecular weight is 349 g/mol. The number of carboxylic acids is 1. The third-order valence-electron chi connectivity index (χ3n) is 3.79. The molecule has 6 nitrogen and oxygen atoms in total. The Morgan fingerprint density at radius 2 is 2.26 bits per heavy atom. The second-order valence-electron chi connectivity index (χ2n) is 5.45. The second-order valence-corrected chi connectivity index (χ2v) is 7.17. The molecule has 1 saturated carbocycles. The molecular formula is C15H17N4O2S2-. The van der Waals surface area contributed by atoms with Crippen molar-refractivity contribution in [1.82, 2.24) is 14.9 Å². The Bertz CT molecular complexity index is 676. The van der Waals surface area contributed by atoms with Crippen molar-refractivity contribution in [2.45, 2.75) is 43.2 Å². The van der Waals surface area contributed by atoms with E-state index in [1.165, 1.54) is 19.3 Å². The van der Waals surface area contributed by atoms with Gasteiger partial charge in [-0.05, 0) is 29.7 Å². The molecule has 0 unspecified atom stereocenters. The molecule has 0 aliphatic heterocycles. The van der Waals surface area contributed by atoms with Crippen molar-refractivity contribution in [1.29, 1.82) is 0 Å². The van der Waals surface area contributed by atoms with Crippen LogP contribution in [-0.4, -0.2) is 32.8 Å². The van der Waals surface area contributed by atoms with Crippen LogP contribution >= 0.6 is 23.1 Å². The first-order valence-electron chi connectivity index (χ1n) is 7.58. The lowest BCUT2D eigenvalue weighted by Crippen LogP contribution is -2.24. The third kappa shape index (κ3) is 4.20. The molecule has 0 aromatic carbocycles. The molecule has 8 heteroatoms. The minimum absolute atomic E-state index is 0.156. The highest BCUT2D eigenvalue weighted by Crippen LogP contribution is 2.33. The van der Waals surface area contributed by atoms with E-state index in [0.717, 1.165) is 36.0 Å². The molecule has 0 spiro atoms. The van der Waals surface area contributed by atoms with Gasteiger partial charge in [0.2, 0.25) is 5.16 Å². The number of nitrogens with zero attached hydrogens (tertiary/aromatic N) is 4. The Kier molecular flexibility index (Phi) is 5.45.